The summed E-state index contributed by atoms with van der Waals surface area (Å²) in [7, 11) is 2.25. The lowest BCUT2D eigenvalue weighted by Crippen LogP contribution is -2.25. The molecule has 12 aromatic carbocycles. The van der Waals surface area contributed by atoms with Crippen LogP contribution in [0.4, 0.5) is 34.1 Å². The van der Waals surface area contributed by atoms with E-state index in [0.29, 0.717) is 11.8 Å². The van der Waals surface area contributed by atoms with Crippen LogP contribution in [0.25, 0.3) is 106 Å². The Morgan fingerprint density at radius 1 is 0.280 bits per heavy atom. The van der Waals surface area contributed by atoms with Gasteiger partial charge in [-0.3, -0.25) is 0 Å². The van der Waals surface area contributed by atoms with E-state index in [2.05, 4.69) is 371 Å². The third kappa shape index (κ3) is 17.6. The Hall–Kier alpha value is -10.3. The number of aromatic nitrogens is 1. The van der Waals surface area contributed by atoms with Crippen LogP contribution in [0, 0.1) is 27.7 Å². The van der Waals surface area contributed by atoms with E-state index in [1.807, 2.05) is 34.0 Å². The van der Waals surface area contributed by atoms with Gasteiger partial charge in [-0.15, -0.1) is 34.0 Å². The van der Waals surface area contributed by atoms with E-state index in [0.717, 1.165) is 18.5 Å². The van der Waals surface area contributed by atoms with Crippen LogP contribution in [-0.2, 0) is 17.9 Å². The molecule has 0 spiro atoms. The minimum absolute atomic E-state index is 0.0815. The SMILES string of the molecule is CCCCCCC1(CCCCCC)c2cc(C)ccc2-c2ccc(-c3ccc4c(c3)sc3cc(-c5ccc(N(c6ccc(C)cc6)c6ccc(C(C)CC)cc6)cc5)sc34)cc21.CCCCCCC1(CCCCCC)c2cc(C)ccc2-c2ccc(-c3ccc4c5sc(-c6ccc(N(c7ccc(C)cc7)c7ccc(C(C)CC)cc7)cc6)cc5n(C)c4c3)cc21. The number of hydrogen-bond acceptors (Lipinski definition) is 5. The summed E-state index contributed by atoms with van der Waals surface area (Å²) in [5, 5.41) is 2.71. The first kappa shape index (κ1) is 86.8. The molecule has 3 nitrogen and oxygen atoms in total. The summed E-state index contributed by atoms with van der Waals surface area (Å²) in [6, 6.07) is 103. The number of unbranched alkanes of at least 4 members (excludes halogenated alkanes) is 12. The second kappa shape index (κ2) is 38.5. The molecule has 0 aliphatic heterocycles. The molecule has 2 aliphatic carbocycles. The molecule has 0 radical (unpaired) electrons. The molecule has 6 heteroatoms. The lowest BCUT2D eigenvalue weighted by atomic mass is 9.70. The molecular weight excluding hydrogens is 1570 g/mol. The quantitative estimate of drug-likeness (QED) is 0.0373. The maximum absolute atomic E-state index is 2.60. The smallest absolute Gasteiger partial charge is 0.0607 e. The van der Waals surface area contributed by atoms with Crippen molar-refractivity contribution in [3.63, 3.8) is 0 Å². The molecule has 2 unspecified atom stereocenters. The summed E-state index contributed by atoms with van der Waals surface area (Å²) in [6.45, 7) is 27.3. The number of thiophene rings is 3. The van der Waals surface area contributed by atoms with Gasteiger partial charge in [0.25, 0.3) is 0 Å². The molecular formula is C119H129N3S3. The zero-order valence-corrected chi connectivity index (χ0v) is 79.1. The molecule has 4 aromatic heterocycles. The molecule has 0 saturated carbocycles. The minimum atomic E-state index is 0.0815. The van der Waals surface area contributed by atoms with Gasteiger partial charge in [0.2, 0.25) is 0 Å². The highest BCUT2D eigenvalue weighted by Gasteiger charge is 2.44. The molecule has 125 heavy (non-hydrogen) atoms. The van der Waals surface area contributed by atoms with Crippen molar-refractivity contribution in [1.82, 2.24) is 4.57 Å². The van der Waals surface area contributed by atoms with Gasteiger partial charge < -0.3 is 14.4 Å². The Bertz CT molecular complexity index is 6380. The molecule has 2 aliphatic rings. The van der Waals surface area contributed by atoms with Gasteiger partial charge in [0.1, 0.15) is 0 Å². The van der Waals surface area contributed by atoms with Crippen molar-refractivity contribution in [2.75, 3.05) is 9.80 Å². The highest BCUT2D eigenvalue weighted by Crippen LogP contribution is 2.58. The van der Waals surface area contributed by atoms with Crippen LogP contribution >= 0.6 is 34.0 Å². The maximum atomic E-state index is 2.60. The Balaban J connectivity index is 0.000000177. The first-order chi connectivity index (χ1) is 61.0. The third-order valence-electron chi connectivity index (χ3n) is 28.4. The summed E-state index contributed by atoms with van der Waals surface area (Å²) in [6.07, 6.45) is 28.1. The van der Waals surface area contributed by atoms with Crippen molar-refractivity contribution in [1.29, 1.82) is 0 Å². The summed E-state index contributed by atoms with van der Waals surface area (Å²) in [4.78, 5) is 7.38. The largest absolute Gasteiger partial charge is 0.343 e. The minimum Gasteiger partial charge on any atom is -0.343 e. The van der Waals surface area contributed by atoms with Crippen LogP contribution < -0.4 is 9.80 Å². The van der Waals surface area contributed by atoms with Crippen LogP contribution in [0.15, 0.2) is 267 Å². The lowest BCUT2D eigenvalue weighted by Gasteiger charge is -2.33. The average Bonchev–Trinajstić information content (AvgIpc) is 1.56. The van der Waals surface area contributed by atoms with E-state index in [9.17, 15) is 0 Å². The predicted molar refractivity (Wildman–Crippen MR) is 550 cm³/mol. The standard InChI is InChI=1S/C60H66N2S.C59H63NS2/c1-8-11-13-15-35-60(36-16-14-12-9-2)54-37-42(5)19-32-51(54)52-33-24-46(38-55(52)60)47-25-34-53-56(39-47)61(7)57-40-58(63-59(53)57)45-22-30-50(31-23-45)62(48-26-17-41(4)18-27-48)49-28-20-44(21-29-49)43(6)10-3;1-7-10-12-14-34-59(35-15-13-11-8-2)53-36-41(5)18-31-50(53)51-32-23-45(37-54(51)59)46-24-33-52-56(38-46)61-57-39-55(62-58(52)57)44-21-29-49(30-22-44)60(47-25-16-40(4)17-26-47)48-27-19-43(20-28-48)42(6)9-3/h17-34,37-40,43H,8-16,35-36H2,1-7H3;16-33,36-39,42H,7-15,34-35H2,1-6H3. The van der Waals surface area contributed by atoms with Gasteiger partial charge in [-0.25, -0.2) is 0 Å². The Morgan fingerprint density at radius 2 is 0.608 bits per heavy atom. The Labute approximate surface area is 759 Å². The fourth-order valence-electron chi connectivity index (χ4n) is 20.7. The molecule has 0 bridgehead atoms. The molecule has 638 valence electrons. The number of anilines is 6. The summed E-state index contributed by atoms with van der Waals surface area (Å²) in [5.41, 5.74) is 37.9. The predicted octanol–water partition coefficient (Wildman–Crippen LogP) is 37.8. The van der Waals surface area contributed by atoms with E-state index in [4.69, 9.17) is 0 Å². The number of aryl methyl sites for hydroxylation is 5. The molecule has 2 atom stereocenters. The van der Waals surface area contributed by atoms with Gasteiger partial charge in [-0.2, -0.15) is 0 Å². The zero-order chi connectivity index (χ0) is 86.5. The first-order valence-corrected chi connectivity index (χ1v) is 50.1. The van der Waals surface area contributed by atoms with E-state index < -0.39 is 0 Å². The first-order valence-electron chi connectivity index (χ1n) is 47.7. The number of benzene rings is 12. The van der Waals surface area contributed by atoms with E-state index >= 15 is 0 Å². The van der Waals surface area contributed by atoms with Crippen LogP contribution in [-0.4, -0.2) is 4.57 Å². The van der Waals surface area contributed by atoms with Crippen LogP contribution in [0.2, 0.25) is 0 Å². The van der Waals surface area contributed by atoms with Crippen molar-refractivity contribution in [3.8, 4) is 65.4 Å². The van der Waals surface area contributed by atoms with Crippen LogP contribution in [0.1, 0.15) is 264 Å². The summed E-state index contributed by atoms with van der Waals surface area (Å²) in [5.74, 6) is 1.11. The molecule has 18 rings (SSSR count). The molecule has 0 fully saturated rings. The Morgan fingerprint density at radius 3 is 1.02 bits per heavy atom. The molecule has 16 aromatic rings. The van der Waals surface area contributed by atoms with E-state index in [1.54, 1.807) is 22.3 Å². The second-order valence-corrected chi connectivity index (χ2v) is 40.2. The number of hydrogen-bond donors (Lipinski definition) is 0. The maximum Gasteiger partial charge on any atom is 0.0607 e. The summed E-state index contributed by atoms with van der Waals surface area (Å²) < 4.78 is 7.93. The van der Waals surface area contributed by atoms with E-state index in [1.165, 1.54) is 296 Å². The molecule has 4 heterocycles. The second-order valence-electron chi connectivity index (χ2n) is 37.0. The monoisotopic (exact) mass is 1700 g/mol. The van der Waals surface area contributed by atoms with Gasteiger partial charge in [-0.1, -0.05) is 338 Å². The van der Waals surface area contributed by atoms with Gasteiger partial charge in [0.15, 0.2) is 0 Å². The van der Waals surface area contributed by atoms with Crippen molar-refractivity contribution >= 4 is 109 Å². The van der Waals surface area contributed by atoms with Gasteiger partial charge >= 0.3 is 0 Å². The number of rotatable bonds is 34. The molecule has 0 saturated heterocycles. The highest BCUT2D eigenvalue weighted by molar-refractivity contribution is 7.34. The van der Waals surface area contributed by atoms with Gasteiger partial charge in [0, 0.05) is 81.9 Å². The number of fused-ring (bicyclic) bond motifs is 12. The topological polar surface area (TPSA) is 11.4 Å². The number of nitrogens with zero attached hydrogens (tertiary/aromatic N) is 3. The molecule has 0 N–H and O–H groups in total. The normalized spacial score (nSPS) is 13.4. The third-order valence-corrected chi connectivity index (χ3v) is 32.1. The fourth-order valence-corrected chi connectivity index (χ4v) is 24.5. The van der Waals surface area contributed by atoms with Crippen LogP contribution in [0.3, 0.4) is 0 Å². The average molecular weight is 1700 g/mol. The highest BCUT2D eigenvalue weighted by atomic mass is 32.1. The van der Waals surface area contributed by atoms with Crippen molar-refractivity contribution in [2.24, 2.45) is 7.05 Å². The fraction of sp³-hybridized carbons (Fsp3) is 0.328. The van der Waals surface area contributed by atoms with E-state index in [-0.39, 0.29) is 10.8 Å². The van der Waals surface area contributed by atoms with Crippen molar-refractivity contribution < 1.29 is 0 Å². The lowest BCUT2D eigenvalue weighted by molar-refractivity contribution is 0.401. The Kier molecular flexibility index (Phi) is 26.7. The molecule has 0 amide bonds. The van der Waals surface area contributed by atoms with Gasteiger partial charge in [0.05, 0.1) is 20.4 Å². The summed E-state index contributed by atoms with van der Waals surface area (Å²) >= 11 is 5.79. The zero-order valence-electron chi connectivity index (χ0n) is 76.7. The van der Waals surface area contributed by atoms with Crippen molar-refractivity contribution in [3.05, 3.63) is 323 Å². The van der Waals surface area contributed by atoms with Gasteiger partial charge in [-0.05, 0) is 276 Å². The van der Waals surface area contributed by atoms with Crippen molar-refractivity contribution in [2.45, 2.75) is 247 Å². The van der Waals surface area contributed by atoms with Crippen LogP contribution in [0.5, 0.6) is 0 Å².